The lowest BCUT2D eigenvalue weighted by Gasteiger charge is -2.34. The Bertz CT molecular complexity index is 983. The minimum Gasteiger partial charge on any atom is -0.444 e. The lowest BCUT2D eigenvalue weighted by atomic mass is 9.91. The number of hydrogen-bond acceptors (Lipinski definition) is 8. The van der Waals surface area contributed by atoms with Gasteiger partial charge in [-0.25, -0.2) is 4.79 Å². The Morgan fingerprint density at radius 3 is 2.20 bits per heavy atom. The standard InChI is InChI=1S/C30H47N3O8/c1-8-22(26(36)39-20-40-27(37)29(2,3)4)18-31-25(35)23-10-9-15-33(19-23)24(34)12-11-21-13-16-32(17-14-21)28(38)41-30(5,6)7/h1,21-23H,9-20H2,2-7H3,(H,31,35)/t22-,23+/m0/s1. The maximum atomic E-state index is 12.9. The van der Waals surface area contributed by atoms with Crippen LogP contribution in [0.15, 0.2) is 0 Å². The number of terminal acetylenes is 1. The molecule has 0 aliphatic carbocycles. The average Bonchev–Trinajstić information content (AvgIpc) is 2.90. The van der Waals surface area contributed by atoms with Crippen molar-refractivity contribution in [2.75, 3.05) is 39.5 Å². The fraction of sp³-hybridized carbons (Fsp3) is 0.767. The normalized spacial score (nSPS) is 19.0. The van der Waals surface area contributed by atoms with Gasteiger partial charge in [-0.2, -0.15) is 0 Å². The van der Waals surface area contributed by atoms with E-state index < -0.39 is 41.6 Å². The zero-order chi connectivity index (χ0) is 30.8. The third-order valence-corrected chi connectivity index (χ3v) is 7.15. The van der Waals surface area contributed by atoms with Gasteiger partial charge in [0, 0.05) is 39.1 Å². The van der Waals surface area contributed by atoms with E-state index in [1.165, 1.54) is 0 Å². The monoisotopic (exact) mass is 577 g/mol. The van der Waals surface area contributed by atoms with Crippen LogP contribution in [0.4, 0.5) is 4.79 Å². The van der Waals surface area contributed by atoms with Crippen molar-refractivity contribution in [3.8, 4) is 12.3 Å². The smallest absolute Gasteiger partial charge is 0.410 e. The summed E-state index contributed by atoms with van der Waals surface area (Å²) in [6, 6.07) is 0. The highest BCUT2D eigenvalue weighted by atomic mass is 16.7. The molecule has 11 heteroatoms. The molecule has 0 saturated carbocycles. The second-order valence-electron chi connectivity index (χ2n) is 12.9. The topological polar surface area (TPSA) is 132 Å². The number of esters is 2. The van der Waals surface area contributed by atoms with Gasteiger partial charge in [-0.05, 0) is 79.6 Å². The Hall–Kier alpha value is -3.29. The second kappa shape index (κ2) is 15.1. The Balaban J connectivity index is 1.72. The van der Waals surface area contributed by atoms with Crippen molar-refractivity contribution in [1.29, 1.82) is 0 Å². The summed E-state index contributed by atoms with van der Waals surface area (Å²) in [5.74, 6) is -0.312. The number of piperidine rings is 2. The van der Waals surface area contributed by atoms with Crippen molar-refractivity contribution in [2.24, 2.45) is 23.2 Å². The predicted octanol–water partition coefficient (Wildman–Crippen LogP) is 3.11. The van der Waals surface area contributed by atoms with Crippen LogP contribution in [0.3, 0.4) is 0 Å². The predicted molar refractivity (Wildman–Crippen MR) is 151 cm³/mol. The van der Waals surface area contributed by atoms with E-state index >= 15 is 0 Å². The molecule has 2 saturated heterocycles. The molecule has 2 fully saturated rings. The van der Waals surface area contributed by atoms with Crippen molar-refractivity contribution in [3.05, 3.63) is 0 Å². The van der Waals surface area contributed by atoms with E-state index in [4.69, 9.17) is 20.6 Å². The number of ether oxygens (including phenoxy) is 3. The van der Waals surface area contributed by atoms with Crippen LogP contribution in [0.5, 0.6) is 0 Å². The maximum absolute atomic E-state index is 12.9. The molecule has 0 radical (unpaired) electrons. The summed E-state index contributed by atoms with van der Waals surface area (Å²) in [7, 11) is 0. The summed E-state index contributed by atoms with van der Waals surface area (Å²) < 4.78 is 15.3. The summed E-state index contributed by atoms with van der Waals surface area (Å²) >= 11 is 0. The molecule has 0 aromatic heterocycles. The van der Waals surface area contributed by atoms with Crippen molar-refractivity contribution in [2.45, 2.75) is 85.7 Å². The lowest BCUT2D eigenvalue weighted by molar-refractivity contribution is -0.174. The first-order chi connectivity index (χ1) is 19.1. The van der Waals surface area contributed by atoms with Gasteiger partial charge in [0.05, 0.1) is 11.3 Å². The van der Waals surface area contributed by atoms with E-state index in [1.807, 2.05) is 20.8 Å². The molecular formula is C30H47N3O8. The van der Waals surface area contributed by atoms with Crippen molar-refractivity contribution < 1.29 is 38.2 Å². The molecule has 2 atom stereocenters. The molecule has 2 aliphatic rings. The minimum atomic E-state index is -1.03. The Morgan fingerprint density at radius 1 is 0.951 bits per heavy atom. The van der Waals surface area contributed by atoms with Gasteiger partial charge in [-0.15, -0.1) is 6.42 Å². The van der Waals surface area contributed by atoms with Crippen molar-refractivity contribution in [3.63, 3.8) is 0 Å². The third-order valence-electron chi connectivity index (χ3n) is 7.15. The minimum absolute atomic E-state index is 0.0203. The molecule has 0 aromatic rings. The van der Waals surface area contributed by atoms with Gasteiger partial charge < -0.3 is 29.3 Å². The number of rotatable bonds is 9. The quantitative estimate of drug-likeness (QED) is 0.251. The van der Waals surface area contributed by atoms with E-state index in [0.717, 1.165) is 19.3 Å². The number of nitrogens with zero attached hydrogens (tertiary/aromatic N) is 2. The van der Waals surface area contributed by atoms with E-state index in [1.54, 1.807) is 30.6 Å². The molecule has 0 unspecified atom stereocenters. The van der Waals surface area contributed by atoms with E-state index in [0.29, 0.717) is 51.4 Å². The number of likely N-dealkylation sites (tertiary alicyclic amines) is 2. The Labute approximate surface area is 244 Å². The van der Waals surface area contributed by atoms with Gasteiger partial charge in [0.1, 0.15) is 11.5 Å². The molecule has 2 aliphatic heterocycles. The molecule has 230 valence electrons. The summed E-state index contributed by atoms with van der Waals surface area (Å²) in [5, 5.41) is 2.71. The third kappa shape index (κ3) is 11.6. The molecule has 0 bridgehead atoms. The number of carbonyl (C=O) groups excluding carboxylic acids is 5. The number of amides is 3. The maximum Gasteiger partial charge on any atom is 0.410 e. The van der Waals surface area contributed by atoms with Crippen molar-refractivity contribution in [1.82, 2.24) is 15.1 Å². The van der Waals surface area contributed by atoms with Crippen LogP contribution in [0, 0.1) is 35.5 Å². The van der Waals surface area contributed by atoms with Crippen LogP contribution in [-0.2, 0) is 33.4 Å². The van der Waals surface area contributed by atoms with E-state index in [2.05, 4.69) is 11.2 Å². The second-order valence-corrected chi connectivity index (χ2v) is 12.9. The summed E-state index contributed by atoms with van der Waals surface area (Å²) in [4.78, 5) is 65.5. The van der Waals surface area contributed by atoms with E-state index in [9.17, 15) is 24.0 Å². The molecule has 0 aromatic carbocycles. The first kappa shape index (κ1) is 33.9. The fourth-order valence-electron chi connectivity index (χ4n) is 4.65. The molecule has 2 heterocycles. The van der Waals surface area contributed by atoms with Crippen LogP contribution in [0.1, 0.15) is 80.1 Å². The highest BCUT2D eigenvalue weighted by molar-refractivity contribution is 5.82. The fourth-order valence-corrected chi connectivity index (χ4v) is 4.65. The van der Waals surface area contributed by atoms with Gasteiger partial charge in [-0.1, -0.05) is 5.92 Å². The first-order valence-electron chi connectivity index (χ1n) is 14.4. The van der Waals surface area contributed by atoms with Gasteiger partial charge in [0.2, 0.25) is 18.6 Å². The molecule has 2 rings (SSSR count). The van der Waals surface area contributed by atoms with Gasteiger partial charge in [-0.3, -0.25) is 19.2 Å². The SMILES string of the molecule is C#C[C@@H](CNC(=O)[C@@H]1CCCN(C(=O)CCC2CCN(C(=O)OC(C)(C)C)CC2)C1)C(=O)OCOC(=O)C(C)(C)C. The number of carbonyl (C=O) groups is 5. The number of hydrogen-bond donors (Lipinski definition) is 1. The van der Waals surface area contributed by atoms with Gasteiger partial charge >= 0.3 is 18.0 Å². The zero-order valence-corrected chi connectivity index (χ0v) is 25.5. The van der Waals surface area contributed by atoms with Crippen LogP contribution in [0.2, 0.25) is 0 Å². The van der Waals surface area contributed by atoms with Gasteiger partial charge in [0.25, 0.3) is 0 Å². The molecule has 11 nitrogen and oxygen atoms in total. The van der Waals surface area contributed by atoms with E-state index in [-0.39, 0.29) is 24.5 Å². The Morgan fingerprint density at radius 2 is 1.61 bits per heavy atom. The van der Waals surface area contributed by atoms with Gasteiger partial charge in [0.15, 0.2) is 0 Å². The summed E-state index contributed by atoms with van der Waals surface area (Å²) in [5.41, 5.74) is -1.26. The Kier molecular flexibility index (Phi) is 12.5. The molecule has 0 spiro atoms. The van der Waals surface area contributed by atoms with Crippen LogP contribution >= 0.6 is 0 Å². The lowest BCUT2D eigenvalue weighted by Crippen LogP contribution is -2.46. The zero-order valence-electron chi connectivity index (χ0n) is 25.5. The average molecular weight is 578 g/mol. The summed E-state index contributed by atoms with van der Waals surface area (Å²) in [6.07, 6.45) is 9.30. The van der Waals surface area contributed by atoms with Crippen LogP contribution in [-0.4, -0.2) is 84.8 Å². The summed E-state index contributed by atoms with van der Waals surface area (Å²) in [6.45, 7) is 12.1. The molecular weight excluding hydrogens is 530 g/mol. The highest BCUT2D eigenvalue weighted by Crippen LogP contribution is 2.25. The number of nitrogens with one attached hydrogen (secondary N) is 1. The van der Waals surface area contributed by atoms with Crippen molar-refractivity contribution >= 4 is 29.8 Å². The highest BCUT2D eigenvalue weighted by Gasteiger charge is 2.31. The van der Waals surface area contributed by atoms with Crippen LogP contribution < -0.4 is 5.32 Å². The molecule has 1 N–H and O–H groups in total. The van der Waals surface area contributed by atoms with Crippen LogP contribution in [0.25, 0.3) is 0 Å². The first-order valence-corrected chi connectivity index (χ1v) is 14.4. The molecule has 3 amide bonds. The molecule has 41 heavy (non-hydrogen) atoms. The largest absolute Gasteiger partial charge is 0.444 e.